The van der Waals surface area contributed by atoms with Crippen molar-refractivity contribution in [2.75, 3.05) is 11.5 Å². The van der Waals surface area contributed by atoms with Crippen molar-refractivity contribution < 1.29 is 18.7 Å². The minimum atomic E-state index is -0.738. The van der Waals surface area contributed by atoms with Crippen molar-refractivity contribution in [1.82, 2.24) is 0 Å². The zero-order chi connectivity index (χ0) is 18.0. The predicted molar refractivity (Wildman–Crippen MR) is 93.9 cm³/mol. The first-order chi connectivity index (χ1) is 12.0. The van der Waals surface area contributed by atoms with Gasteiger partial charge in [0.1, 0.15) is 16.6 Å². The second-order valence-corrected chi connectivity index (χ2v) is 5.84. The van der Waals surface area contributed by atoms with Crippen LogP contribution >= 0.6 is 11.6 Å². The maximum atomic E-state index is 14.0. The molecule has 1 aliphatic heterocycles. The lowest BCUT2D eigenvalue weighted by Crippen LogP contribution is -2.31. The fraction of sp³-hybridized carbons (Fsp3) is 0.158. The molecule has 3 rings (SSSR count). The maximum Gasteiger partial charge on any atom is 0.277 e. The number of nitrogens with zero attached hydrogens (tertiary/aromatic N) is 1. The Labute approximate surface area is 149 Å². The first kappa shape index (κ1) is 17.2. The van der Waals surface area contributed by atoms with Gasteiger partial charge in [-0.15, -0.1) is 0 Å². The van der Waals surface area contributed by atoms with E-state index in [0.29, 0.717) is 17.9 Å². The van der Waals surface area contributed by atoms with Gasteiger partial charge in [0.2, 0.25) is 0 Å². The Morgan fingerprint density at radius 2 is 1.72 bits per heavy atom. The quantitative estimate of drug-likeness (QED) is 0.754. The first-order valence-corrected chi connectivity index (χ1v) is 8.18. The van der Waals surface area contributed by atoms with E-state index in [4.69, 9.17) is 16.3 Å². The lowest BCUT2D eigenvalue weighted by atomic mass is 10.1. The molecule has 6 heteroatoms. The zero-order valence-corrected chi connectivity index (χ0v) is 14.2. The third-order valence-corrected chi connectivity index (χ3v) is 4.09. The molecule has 0 saturated heterocycles. The molecule has 0 fully saturated rings. The monoisotopic (exact) mass is 359 g/mol. The van der Waals surface area contributed by atoms with Gasteiger partial charge in [-0.25, -0.2) is 9.29 Å². The van der Waals surface area contributed by atoms with Gasteiger partial charge in [-0.3, -0.25) is 9.59 Å². The van der Waals surface area contributed by atoms with Crippen LogP contribution in [0.4, 0.5) is 10.1 Å². The topological polar surface area (TPSA) is 46.6 Å². The second-order valence-electron chi connectivity index (χ2n) is 5.46. The lowest BCUT2D eigenvalue weighted by molar-refractivity contribution is -0.119. The average molecular weight is 360 g/mol. The molecule has 0 aromatic heterocycles. The number of hydrogen-bond acceptors (Lipinski definition) is 3. The summed E-state index contributed by atoms with van der Waals surface area (Å²) < 4.78 is 19.5. The molecule has 2 aromatic rings. The number of hydrogen-bond donors (Lipinski definition) is 0. The van der Waals surface area contributed by atoms with Gasteiger partial charge in [0.15, 0.2) is 0 Å². The molecule has 0 saturated carbocycles. The molecule has 1 aliphatic rings. The van der Waals surface area contributed by atoms with Crippen molar-refractivity contribution in [3.8, 4) is 5.75 Å². The molecule has 0 spiro atoms. The number of rotatable bonds is 5. The Bertz CT molecular complexity index is 861. The van der Waals surface area contributed by atoms with E-state index in [9.17, 15) is 14.0 Å². The molecule has 0 atom stereocenters. The van der Waals surface area contributed by atoms with Crippen molar-refractivity contribution >= 4 is 34.7 Å². The van der Waals surface area contributed by atoms with Crippen molar-refractivity contribution in [2.24, 2.45) is 0 Å². The van der Waals surface area contributed by atoms with Crippen LogP contribution in [-0.4, -0.2) is 18.4 Å². The molecular weight excluding hydrogens is 345 g/mol. The molecule has 128 valence electrons. The summed E-state index contributed by atoms with van der Waals surface area (Å²) in [5.41, 5.74) is 0.413. The Balaban J connectivity index is 1.93. The van der Waals surface area contributed by atoms with E-state index in [-0.39, 0.29) is 16.3 Å². The summed E-state index contributed by atoms with van der Waals surface area (Å²) in [4.78, 5) is 25.8. The number of benzene rings is 2. The Kier molecular flexibility index (Phi) is 4.86. The van der Waals surface area contributed by atoms with E-state index < -0.39 is 17.6 Å². The Morgan fingerprint density at radius 3 is 2.36 bits per heavy atom. The lowest BCUT2D eigenvalue weighted by Gasteiger charge is -2.15. The highest BCUT2D eigenvalue weighted by Gasteiger charge is 2.40. The SMILES string of the molecule is CCCOc1ccc(C2=C(Cl)C(=O)N(c3ccccc3F)C2=O)cc1. The van der Waals surface area contributed by atoms with Crippen molar-refractivity contribution in [2.45, 2.75) is 13.3 Å². The van der Waals surface area contributed by atoms with Gasteiger partial charge < -0.3 is 4.74 Å². The maximum absolute atomic E-state index is 14.0. The van der Waals surface area contributed by atoms with Crippen LogP contribution in [0.1, 0.15) is 18.9 Å². The van der Waals surface area contributed by atoms with Crippen molar-refractivity contribution in [3.05, 3.63) is 64.9 Å². The molecular formula is C19H15ClFNO3. The number of imide groups is 1. The zero-order valence-electron chi connectivity index (χ0n) is 13.5. The summed E-state index contributed by atoms with van der Waals surface area (Å²) >= 11 is 6.09. The average Bonchev–Trinajstić information content (AvgIpc) is 2.84. The predicted octanol–water partition coefficient (Wildman–Crippen LogP) is 4.14. The van der Waals surface area contributed by atoms with E-state index >= 15 is 0 Å². The minimum absolute atomic E-state index is 0.0527. The number of para-hydroxylation sites is 1. The highest BCUT2D eigenvalue weighted by atomic mass is 35.5. The van der Waals surface area contributed by atoms with Gasteiger partial charge in [-0.2, -0.15) is 0 Å². The molecule has 2 aromatic carbocycles. The van der Waals surface area contributed by atoms with Crippen LogP contribution in [0.5, 0.6) is 5.75 Å². The number of halogens is 2. The third-order valence-electron chi connectivity index (χ3n) is 3.74. The van der Waals surface area contributed by atoms with Crippen LogP contribution < -0.4 is 9.64 Å². The molecule has 0 unspecified atom stereocenters. The molecule has 25 heavy (non-hydrogen) atoms. The summed E-state index contributed by atoms with van der Waals surface area (Å²) in [5, 5.41) is -0.226. The highest BCUT2D eigenvalue weighted by molar-refractivity contribution is 6.60. The van der Waals surface area contributed by atoms with Crippen LogP contribution in [0.25, 0.3) is 5.57 Å². The number of carbonyl (C=O) groups excluding carboxylic acids is 2. The Hall–Kier alpha value is -2.66. The van der Waals surface area contributed by atoms with Crippen LogP contribution in [0.2, 0.25) is 0 Å². The van der Waals surface area contributed by atoms with Crippen LogP contribution in [0.15, 0.2) is 53.6 Å². The first-order valence-electron chi connectivity index (χ1n) is 7.81. The molecule has 4 nitrogen and oxygen atoms in total. The largest absolute Gasteiger partial charge is 0.494 e. The van der Waals surface area contributed by atoms with E-state index in [1.165, 1.54) is 18.2 Å². The van der Waals surface area contributed by atoms with Crippen LogP contribution in [0, 0.1) is 5.82 Å². The third kappa shape index (κ3) is 3.15. The van der Waals surface area contributed by atoms with Crippen molar-refractivity contribution in [1.29, 1.82) is 0 Å². The molecule has 0 aliphatic carbocycles. The fourth-order valence-electron chi connectivity index (χ4n) is 2.54. The van der Waals surface area contributed by atoms with Gasteiger partial charge in [0, 0.05) is 0 Å². The summed E-state index contributed by atoms with van der Waals surface area (Å²) in [6.45, 7) is 2.58. The van der Waals surface area contributed by atoms with Crippen LogP contribution in [-0.2, 0) is 9.59 Å². The van der Waals surface area contributed by atoms with Gasteiger partial charge >= 0.3 is 0 Å². The number of ether oxygens (including phenoxy) is 1. The summed E-state index contributed by atoms with van der Waals surface area (Å²) in [6, 6.07) is 12.3. The number of amides is 2. The molecule has 0 N–H and O–H groups in total. The molecule has 0 bridgehead atoms. The number of carbonyl (C=O) groups is 2. The molecule has 0 radical (unpaired) electrons. The number of anilines is 1. The smallest absolute Gasteiger partial charge is 0.277 e. The van der Waals surface area contributed by atoms with Gasteiger partial charge in [-0.1, -0.05) is 42.8 Å². The van der Waals surface area contributed by atoms with E-state index in [1.54, 1.807) is 30.3 Å². The van der Waals surface area contributed by atoms with Crippen molar-refractivity contribution in [3.63, 3.8) is 0 Å². The molecule has 2 amide bonds. The van der Waals surface area contributed by atoms with Crippen LogP contribution in [0.3, 0.4) is 0 Å². The van der Waals surface area contributed by atoms with Gasteiger partial charge in [-0.05, 0) is 36.2 Å². The van der Waals surface area contributed by atoms with E-state index in [1.807, 2.05) is 6.92 Å². The highest BCUT2D eigenvalue weighted by Crippen LogP contribution is 2.36. The summed E-state index contributed by atoms with van der Waals surface area (Å²) in [6.07, 6.45) is 0.878. The molecule has 1 heterocycles. The van der Waals surface area contributed by atoms with E-state index in [2.05, 4.69) is 0 Å². The summed E-state index contributed by atoms with van der Waals surface area (Å²) in [7, 11) is 0. The van der Waals surface area contributed by atoms with Gasteiger partial charge in [0.05, 0.1) is 17.9 Å². The minimum Gasteiger partial charge on any atom is -0.494 e. The normalized spacial score (nSPS) is 14.4. The second kappa shape index (κ2) is 7.07. The van der Waals surface area contributed by atoms with Gasteiger partial charge in [0.25, 0.3) is 11.8 Å². The standard InChI is InChI=1S/C19H15ClFNO3/c1-2-11-25-13-9-7-12(8-10-13)16-17(20)19(24)22(18(16)23)15-6-4-3-5-14(15)21/h3-10H,2,11H2,1H3. The Morgan fingerprint density at radius 1 is 1.04 bits per heavy atom. The van der Waals surface area contributed by atoms with E-state index in [0.717, 1.165) is 11.3 Å². The summed E-state index contributed by atoms with van der Waals surface area (Å²) in [5.74, 6) is -1.40. The fourth-order valence-corrected chi connectivity index (χ4v) is 2.82.